The zero-order chi connectivity index (χ0) is 27.8. The zero-order valence-corrected chi connectivity index (χ0v) is 24.2. The first-order valence-corrected chi connectivity index (χ1v) is 15.1. The number of thiophene rings is 1. The summed E-state index contributed by atoms with van der Waals surface area (Å²) < 4.78 is 53.2. The maximum Gasteiger partial charge on any atom is 0.350 e. The summed E-state index contributed by atoms with van der Waals surface area (Å²) in [7, 11) is 0. The number of aliphatic hydroxyl groups is 1. The molecule has 9 atom stereocenters. The Labute approximate surface area is 235 Å². The summed E-state index contributed by atoms with van der Waals surface area (Å²) in [4.78, 5) is 39.3. The highest BCUT2D eigenvalue weighted by molar-refractivity contribution is 9.10. The molecule has 3 saturated carbocycles. The lowest BCUT2D eigenvalue weighted by atomic mass is 9.44. The van der Waals surface area contributed by atoms with Gasteiger partial charge in [-0.2, -0.15) is 0 Å². The Morgan fingerprint density at radius 1 is 1.29 bits per heavy atom. The Kier molecular flexibility index (Phi) is 6.89. The van der Waals surface area contributed by atoms with Crippen molar-refractivity contribution in [2.24, 2.45) is 28.6 Å². The molecular formula is C27H28BrF3O5S2. The Bertz CT molecular complexity index is 1270. The number of carbonyl (C=O) groups excluding carboxylic acids is 3. The third-order valence-corrected chi connectivity index (χ3v) is 12.2. The van der Waals surface area contributed by atoms with Crippen molar-refractivity contribution in [2.75, 3.05) is 6.01 Å². The van der Waals surface area contributed by atoms with Crippen molar-refractivity contribution in [3.63, 3.8) is 0 Å². The van der Waals surface area contributed by atoms with Gasteiger partial charge in [-0.25, -0.2) is 18.0 Å². The van der Waals surface area contributed by atoms with Gasteiger partial charge in [-0.15, -0.1) is 11.3 Å². The van der Waals surface area contributed by atoms with E-state index in [9.17, 15) is 23.9 Å². The Hall–Kier alpha value is -1.43. The number of halogens is 4. The van der Waals surface area contributed by atoms with Crippen LogP contribution < -0.4 is 0 Å². The standard InChI is InChI=1S/C27H28BrF3O5S2/c1-13-8-15-16-10-19(30)17-9-14(32)4-6-24(17,2)26(16,31)20(33)11-25(15,3)27(13,23(35)38-12-29)36-22(34)21-18(28)5-7-37-21/h4-7,9,13,15-16,19-20,33H,8,10-12H2,1-3H3/t13?,15-,16-,19?,20?,24-,25-,26?,27?/m0/s1. The lowest BCUT2D eigenvalue weighted by Gasteiger charge is -2.63. The zero-order valence-electron chi connectivity index (χ0n) is 21.0. The van der Waals surface area contributed by atoms with Crippen molar-refractivity contribution in [1.82, 2.24) is 0 Å². The van der Waals surface area contributed by atoms with Crippen molar-refractivity contribution in [3.8, 4) is 0 Å². The largest absolute Gasteiger partial charge is 0.445 e. The highest BCUT2D eigenvalue weighted by Gasteiger charge is 2.78. The number of ketones is 1. The van der Waals surface area contributed by atoms with Gasteiger partial charge < -0.3 is 9.84 Å². The maximum atomic E-state index is 17.4. The van der Waals surface area contributed by atoms with Crippen LogP contribution in [0.25, 0.3) is 0 Å². The van der Waals surface area contributed by atoms with Crippen LogP contribution in [0.5, 0.6) is 0 Å². The third-order valence-electron chi connectivity index (χ3n) is 9.71. The molecule has 38 heavy (non-hydrogen) atoms. The van der Waals surface area contributed by atoms with Crippen LogP contribution in [-0.2, 0) is 14.3 Å². The minimum atomic E-state index is -2.34. The van der Waals surface area contributed by atoms with E-state index in [4.69, 9.17) is 4.74 Å². The van der Waals surface area contributed by atoms with Crippen molar-refractivity contribution in [3.05, 3.63) is 44.6 Å². The molecule has 0 aliphatic heterocycles. The van der Waals surface area contributed by atoms with Crippen LogP contribution in [0.3, 0.4) is 0 Å². The second-order valence-corrected chi connectivity index (χ2v) is 13.9. The normalized spacial score (nSPS) is 43.6. The minimum Gasteiger partial charge on any atom is -0.445 e. The maximum absolute atomic E-state index is 17.4. The quantitative estimate of drug-likeness (QED) is 0.401. The molecular weight excluding hydrogens is 605 g/mol. The molecule has 11 heteroatoms. The highest BCUT2D eigenvalue weighted by atomic mass is 79.9. The summed E-state index contributed by atoms with van der Waals surface area (Å²) in [6, 6.07) is 0.610. The van der Waals surface area contributed by atoms with Gasteiger partial charge in [-0.05, 0) is 89.0 Å². The van der Waals surface area contributed by atoms with Gasteiger partial charge in [0.25, 0.3) is 0 Å². The van der Waals surface area contributed by atoms with Crippen molar-refractivity contribution in [2.45, 2.75) is 63.6 Å². The fraction of sp³-hybridized carbons (Fsp3) is 0.593. The van der Waals surface area contributed by atoms with E-state index in [1.165, 1.54) is 19.1 Å². The lowest BCUT2D eigenvalue weighted by molar-refractivity contribution is -0.221. The fourth-order valence-electron chi connectivity index (χ4n) is 8.01. The number of ether oxygens (including phenoxy) is 1. The topological polar surface area (TPSA) is 80.7 Å². The third kappa shape index (κ3) is 3.50. The Morgan fingerprint density at radius 3 is 2.63 bits per heavy atom. The molecule has 1 N–H and O–H groups in total. The van der Waals surface area contributed by atoms with Crippen LogP contribution in [0.1, 0.15) is 49.7 Å². The first kappa shape index (κ1) is 28.1. The van der Waals surface area contributed by atoms with E-state index in [0.29, 0.717) is 16.2 Å². The van der Waals surface area contributed by atoms with Gasteiger partial charge >= 0.3 is 5.97 Å². The summed E-state index contributed by atoms with van der Waals surface area (Å²) in [5.74, 6) is -3.60. The lowest BCUT2D eigenvalue weighted by Crippen LogP contribution is -2.70. The van der Waals surface area contributed by atoms with Gasteiger partial charge in [0, 0.05) is 27.1 Å². The number of alkyl halides is 3. The molecule has 4 aliphatic rings. The molecule has 4 aliphatic carbocycles. The molecule has 0 saturated heterocycles. The Balaban J connectivity index is 1.64. The summed E-state index contributed by atoms with van der Waals surface area (Å²) in [6.45, 7) is 4.86. The number of hydrogen-bond acceptors (Lipinski definition) is 7. The smallest absolute Gasteiger partial charge is 0.350 e. The number of allylic oxidation sites excluding steroid dienone is 4. The number of esters is 1. The average molecular weight is 634 g/mol. The molecule has 5 unspecified atom stereocenters. The van der Waals surface area contributed by atoms with Gasteiger partial charge in [-0.3, -0.25) is 9.59 Å². The van der Waals surface area contributed by atoms with Crippen LogP contribution in [0.4, 0.5) is 13.2 Å². The van der Waals surface area contributed by atoms with Crippen LogP contribution >= 0.6 is 39.0 Å². The van der Waals surface area contributed by atoms with Crippen molar-refractivity contribution in [1.29, 1.82) is 0 Å². The molecule has 0 amide bonds. The first-order chi connectivity index (χ1) is 17.8. The molecule has 0 aromatic carbocycles. The van der Waals surface area contributed by atoms with E-state index in [-0.39, 0.29) is 29.7 Å². The van der Waals surface area contributed by atoms with E-state index in [1.54, 1.807) is 25.3 Å². The van der Waals surface area contributed by atoms with Gasteiger partial charge in [0.2, 0.25) is 5.12 Å². The number of rotatable bonds is 4. The second-order valence-electron chi connectivity index (χ2n) is 11.3. The van der Waals surface area contributed by atoms with E-state index in [0.717, 1.165) is 17.4 Å². The van der Waals surface area contributed by atoms with Gasteiger partial charge in [0.15, 0.2) is 17.1 Å². The predicted molar refractivity (Wildman–Crippen MR) is 142 cm³/mol. The van der Waals surface area contributed by atoms with E-state index in [2.05, 4.69) is 15.9 Å². The van der Waals surface area contributed by atoms with Crippen LogP contribution in [0.2, 0.25) is 0 Å². The minimum absolute atomic E-state index is 0.00162. The summed E-state index contributed by atoms with van der Waals surface area (Å²) in [6.07, 6.45) is -0.00448. The van der Waals surface area contributed by atoms with Crippen molar-refractivity contribution >= 4 is 55.9 Å². The molecule has 1 heterocycles. The van der Waals surface area contributed by atoms with Gasteiger partial charge in [0.05, 0.1) is 6.10 Å². The molecule has 0 bridgehead atoms. The van der Waals surface area contributed by atoms with Crippen molar-refractivity contribution < 1.29 is 37.4 Å². The predicted octanol–water partition coefficient (Wildman–Crippen LogP) is 6.16. The van der Waals surface area contributed by atoms with E-state index < -0.39 is 75.0 Å². The molecule has 0 spiro atoms. The molecule has 5 rings (SSSR count). The SMILES string of the molecule is CC1C[C@H]2[C@@H]3CC(F)C4=CC(=O)C=C[C@]4(C)C3(F)C(O)C[C@]2(C)C1(OC(=O)c1sccc1Br)C(=O)SCF. The second kappa shape index (κ2) is 9.31. The van der Waals surface area contributed by atoms with Crippen LogP contribution in [0.15, 0.2) is 39.7 Å². The van der Waals surface area contributed by atoms with Gasteiger partial charge in [0.1, 0.15) is 17.1 Å². The highest BCUT2D eigenvalue weighted by Crippen LogP contribution is 2.72. The number of carbonyl (C=O) groups is 3. The van der Waals surface area contributed by atoms with E-state index >= 15 is 8.78 Å². The van der Waals surface area contributed by atoms with Crippen LogP contribution in [-0.4, -0.2) is 51.5 Å². The number of thioether (sulfide) groups is 1. The molecule has 3 fully saturated rings. The molecule has 206 valence electrons. The molecule has 5 nitrogen and oxygen atoms in total. The number of aliphatic hydroxyl groups excluding tert-OH is 1. The number of hydrogen-bond donors (Lipinski definition) is 1. The molecule has 1 aromatic heterocycles. The number of fused-ring (bicyclic) bond motifs is 5. The fourth-order valence-corrected chi connectivity index (χ4v) is 10.2. The van der Waals surface area contributed by atoms with Crippen LogP contribution in [0, 0.1) is 28.6 Å². The van der Waals surface area contributed by atoms with E-state index in [1.807, 2.05) is 0 Å². The molecule has 0 radical (unpaired) electrons. The first-order valence-electron chi connectivity index (χ1n) is 12.4. The average Bonchev–Trinajstić information content (AvgIpc) is 3.37. The monoisotopic (exact) mass is 632 g/mol. The Morgan fingerprint density at radius 2 is 2.00 bits per heavy atom. The summed E-state index contributed by atoms with van der Waals surface area (Å²) >= 11 is 4.79. The molecule has 1 aromatic rings. The van der Waals surface area contributed by atoms with Gasteiger partial charge in [-0.1, -0.05) is 19.9 Å². The summed E-state index contributed by atoms with van der Waals surface area (Å²) in [5, 5.41) is 12.5. The summed E-state index contributed by atoms with van der Waals surface area (Å²) in [5.41, 5.74) is -7.10.